The van der Waals surface area contributed by atoms with Crippen LogP contribution >= 0.6 is 23.2 Å². The zero-order chi connectivity index (χ0) is 15.6. The largest absolute Gasteiger partial charge is 0.508 e. The number of sulfonamides is 1. The van der Waals surface area contributed by atoms with Gasteiger partial charge in [0.25, 0.3) is 0 Å². The molecule has 2 aromatic rings. The number of aromatic hydroxyl groups is 1. The van der Waals surface area contributed by atoms with Crippen molar-refractivity contribution in [3.63, 3.8) is 0 Å². The number of halogens is 3. The van der Waals surface area contributed by atoms with Gasteiger partial charge in [-0.15, -0.1) is 0 Å². The van der Waals surface area contributed by atoms with Crippen molar-refractivity contribution in [1.29, 1.82) is 0 Å². The molecule has 112 valence electrons. The van der Waals surface area contributed by atoms with Gasteiger partial charge in [0.15, 0.2) is 5.82 Å². The minimum Gasteiger partial charge on any atom is -0.508 e. The van der Waals surface area contributed by atoms with E-state index in [1.807, 2.05) is 0 Å². The van der Waals surface area contributed by atoms with Gasteiger partial charge in [-0.05, 0) is 29.8 Å². The molecule has 0 aliphatic heterocycles. The highest BCUT2D eigenvalue weighted by Gasteiger charge is 2.21. The maximum Gasteiger partial charge on any atom is 0.242 e. The van der Waals surface area contributed by atoms with E-state index in [4.69, 9.17) is 23.2 Å². The maximum atomic E-state index is 13.5. The van der Waals surface area contributed by atoms with Gasteiger partial charge in [0.1, 0.15) is 10.6 Å². The fourth-order valence-electron chi connectivity index (χ4n) is 1.64. The molecule has 0 heterocycles. The molecule has 0 aliphatic carbocycles. The van der Waals surface area contributed by atoms with E-state index in [0.29, 0.717) is 5.56 Å². The molecular weight excluding hydrogens is 340 g/mol. The lowest BCUT2D eigenvalue weighted by atomic mass is 10.2. The lowest BCUT2D eigenvalue weighted by molar-refractivity contribution is 0.474. The first-order chi connectivity index (χ1) is 9.81. The Bertz CT molecular complexity index is 781. The molecule has 0 radical (unpaired) electrons. The Balaban J connectivity index is 2.25. The minimum absolute atomic E-state index is 0.0160. The molecule has 0 saturated heterocycles. The highest BCUT2D eigenvalue weighted by Crippen LogP contribution is 2.29. The lowest BCUT2D eigenvalue weighted by Gasteiger charge is -2.09. The van der Waals surface area contributed by atoms with Gasteiger partial charge < -0.3 is 5.11 Å². The van der Waals surface area contributed by atoms with Gasteiger partial charge in [-0.25, -0.2) is 17.5 Å². The molecule has 0 unspecified atom stereocenters. The van der Waals surface area contributed by atoms with Crippen molar-refractivity contribution in [3.8, 4) is 5.75 Å². The average molecular weight is 350 g/mol. The lowest BCUT2D eigenvalue weighted by Crippen LogP contribution is -2.23. The van der Waals surface area contributed by atoms with Crippen LogP contribution in [0.15, 0.2) is 41.3 Å². The molecule has 0 amide bonds. The zero-order valence-electron chi connectivity index (χ0n) is 10.5. The maximum absolute atomic E-state index is 13.5. The Hall–Kier alpha value is -1.34. The van der Waals surface area contributed by atoms with E-state index in [9.17, 15) is 17.9 Å². The van der Waals surface area contributed by atoms with Crippen LogP contribution in [-0.2, 0) is 16.6 Å². The third kappa shape index (κ3) is 3.65. The summed E-state index contributed by atoms with van der Waals surface area (Å²) in [5.74, 6) is -0.971. The highest BCUT2D eigenvalue weighted by atomic mass is 35.5. The van der Waals surface area contributed by atoms with Gasteiger partial charge in [-0.1, -0.05) is 35.3 Å². The highest BCUT2D eigenvalue weighted by molar-refractivity contribution is 7.89. The monoisotopic (exact) mass is 349 g/mol. The van der Waals surface area contributed by atoms with E-state index in [2.05, 4.69) is 4.72 Å². The summed E-state index contributed by atoms with van der Waals surface area (Å²) < 4.78 is 40.0. The van der Waals surface area contributed by atoms with Crippen LogP contribution in [0.3, 0.4) is 0 Å². The fraction of sp³-hybridized carbons (Fsp3) is 0.0769. The predicted molar refractivity (Wildman–Crippen MR) is 78.6 cm³/mol. The quantitative estimate of drug-likeness (QED) is 0.832. The van der Waals surface area contributed by atoms with E-state index >= 15 is 0 Å². The molecule has 2 N–H and O–H groups in total. The Morgan fingerprint density at radius 2 is 1.90 bits per heavy atom. The second-order valence-electron chi connectivity index (χ2n) is 4.17. The van der Waals surface area contributed by atoms with Crippen molar-refractivity contribution in [2.24, 2.45) is 0 Å². The molecule has 21 heavy (non-hydrogen) atoms. The summed E-state index contributed by atoms with van der Waals surface area (Å²) in [7, 11) is -4.00. The van der Waals surface area contributed by atoms with Crippen molar-refractivity contribution in [2.75, 3.05) is 0 Å². The predicted octanol–water partition coefficient (Wildman–Crippen LogP) is 3.32. The number of hydrogen-bond acceptors (Lipinski definition) is 3. The van der Waals surface area contributed by atoms with Crippen LogP contribution in [0.4, 0.5) is 4.39 Å². The van der Waals surface area contributed by atoms with Crippen molar-refractivity contribution >= 4 is 33.2 Å². The van der Waals surface area contributed by atoms with Crippen LogP contribution < -0.4 is 4.72 Å². The van der Waals surface area contributed by atoms with Gasteiger partial charge in [-0.3, -0.25) is 0 Å². The van der Waals surface area contributed by atoms with E-state index < -0.39 is 25.8 Å². The van der Waals surface area contributed by atoms with Crippen LogP contribution in [0.1, 0.15) is 5.56 Å². The van der Waals surface area contributed by atoms with E-state index in [0.717, 1.165) is 12.1 Å². The molecular formula is C13H10Cl2FNO3S. The van der Waals surface area contributed by atoms with Crippen molar-refractivity contribution < 1.29 is 17.9 Å². The van der Waals surface area contributed by atoms with Crippen LogP contribution in [0, 0.1) is 5.82 Å². The van der Waals surface area contributed by atoms with Gasteiger partial charge in [0.05, 0.1) is 10.0 Å². The molecule has 0 atom stereocenters. The van der Waals surface area contributed by atoms with Crippen LogP contribution in [0.5, 0.6) is 5.75 Å². The third-order valence-corrected chi connectivity index (χ3v) is 4.88. The minimum atomic E-state index is -4.00. The first kappa shape index (κ1) is 16.0. The van der Waals surface area contributed by atoms with E-state index in [1.54, 1.807) is 12.1 Å². The van der Waals surface area contributed by atoms with E-state index in [1.165, 1.54) is 12.1 Å². The van der Waals surface area contributed by atoms with Gasteiger partial charge in [0.2, 0.25) is 10.0 Å². The Kier molecular flexibility index (Phi) is 4.73. The third-order valence-electron chi connectivity index (χ3n) is 2.67. The van der Waals surface area contributed by atoms with Gasteiger partial charge >= 0.3 is 0 Å². The summed E-state index contributed by atoms with van der Waals surface area (Å²) in [4.78, 5) is -0.397. The Morgan fingerprint density at radius 1 is 1.19 bits per heavy atom. The Labute approximate surface area is 131 Å². The van der Waals surface area contributed by atoms with Gasteiger partial charge in [0, 0.05) is 6.54 Å². The van der Waals surface area contributed by atoms with Crippen LogP contribution in [0.2, 0.25) is 10.0 Å². The molecule has 2 aromatic carbocycles. The number of phenols is 1. The topological polar surface area (TPSA) is 66.4 Å². The molecule has 0 spiro atoms. The van der Waals surface area contributed by atoms with E-state index in [-0.39, 0.29) is 17.3 Å². The summed E-state index contributed by atoms with van der Waals surface area (Å²) in [6.07, 6.45) is 0. The second kappa shape index (κ2) is 6.19. The summed E-state index contributed by atoms with van der Waals surface area (Å²) in [5, 5.41) is 8.49. The molecule has 4 nitrogen and oxygen atoms in total. The number of hydrogen-bond donors (Lipinski definition) is 2. The normalized spacial score (nSPS) is 11.6. The second-order valence-corrected chi connectivity index (χ2v) is 6.69. The summed E-state index contributed by atoms with van der Waals surface area (Å²) in [5.41, 5.74) is 0.545. The number of rotatable bonds is 4. The molecule has 2 rings (SSSR count). The number of nitrogens with one attached hydrogen (secondary N) is 1. The number of benzene rings is 2. The number of phenolic OH excluding ortho intramolecular Hbond substituents is 1. The summed E-state index contributed by atoms with van der Waals surface area (Å²) >= 11 is 11.2. The van der Waals surface area contributed by atoms with Crippen LogP contribution in [-0.4, -0.2) is 13.5 Å². The van der Waals surface area contributed by atoms with Gasteiger partial charge in [-0.2, -0.15) is 0 Å². The SMILES string of the molecule is O=S(=O)(NCc1cccc(O)c1)c1ccc(Cl)c(F)c1Cl. The molecule has 8 heteroatoms. The first-order valence-corrected chi connectivity index (χ1v) is 7.96. The van der Waals surface area contributed by atoms with Crippen molar-refractivity contribution in [3.05, 3.63) is 57.8 Å². The van der Waals surface area contributed by atoms with Crippen molar-refractivity contribution in [2.45, 2.75) is 11.4 Å². The van der Waals surface area contributed by atoms with Crippen molar-refractivity contribution in [1.82, 2.24) is 4.72 Å². The van der Waals surface area contributed by atoms with Crippen LogP contribution in [0.25, 0.3) is 0 Å². The smallest absolute Gasteiger partial charge is 0.242 e. The average Bonchev–Trinajstić information content (AvgIpc) is 2.43. The zero-order valence-corrected chi connectivity index (χ0v) is 12.8. The molecule has 0 bridgehead atoms. The fourth-order valence-corrected chi connectivity index (χ4v) is 3.40. The molecule has 0 fully saturated rings. The molecule has 0 aliphatic rings. The molecule has 0 saturated carbocycles. The molecule has 0 aromatic heterocycles. The summed E-state index contributed by atoms with van der Waals surface area (Å²) in [6.45, 7) is -0.0721. The summed E-state index contributed by atoms with van der Waals surface area (Å²) in [6, 6.07) is 8.32. The first-order valence-electron chi connectivity index (χ1n) is 5.72. The standard InChI is InChI=1S/C13H10Cl2FNO3S/c14-10-4-5-11(12(15)13(10)16)21(19,20)17-7-8-2-1-3-9(18)6-8/h1-6,17-18H,7H2. The Morgan fingerprint density at radius 3 is 2.57 bits per heavy atom.